The number of hydrogen-bond acceptors (Lipinski definition) is 9. The van der Waals surface area contributed by atoms with E-state index in [1.807, 2.05) is 5.43 Å². The van der Waals surface area contributed by atoms with Crippen molar-refractivity contribution in [2.24, 2.45) is 17.7 Å². The van der Waals surface area contributed by atoms with E-state index in [1.165, 1.54) is 27.0 Å². The van der Waals surface area contributed by atoms with Gasteiger partial charge in [-0.3, -0.25) is 35.5 Å². The van der Waals surface area contributed by atoms with Crippen LogP contribution in [0.15, 0.2) is 72.8 Å². The van der Waals surface area contributed by atoms with E-state index in [4.69, 9.17) is 57.1 Å². The van der Waals surface area contributed by atoms with Gasteiger partial charge in [0.2, 0.25) is 17.3 Å². The average molecular weight is 866 g/mol. The number of carbonyl (C=O) groups is 4. The summed E-state index contributed by atoms with van der Waals surface area (Å²) in [6.07, 6.45) is -1.53. The summed E-state index contributed by atoms with van der Waals surface area (Å²) in [5, 5.41) is 38.0. The van der Waals surface area contributed by atoms with Gasteiger partial charge in [-0.15, -0.1) is 0 Å². The van der Waals surface area contributed by atoms with Gasteiger partial charge in [0.05, 0.1) is 60.9 Å². The summed E-state index contributed by atoms with van der Waals surface area (Å²) < 4.78 is 5.07. The van der Waals surface area contributed by atoms with E-state index in [2.05, 4.69) is 20.5 Å². The first kappa shape index (κ1) is 52.0. The monoisotopic (exact) mass is 864 g/mol. The van der Waals surface area contributed by atoms with Crippen molar-refractivity contribution in [1.82, 2.24) is 16.3 Å². The van der Waals surface area contributed by atoms with Crippen LogP contribution >= 0.6 is 23.2 Å². The van der Waals surface area contributed by atoms with Crippen molar-refractivity contribution in [1.29, 1.82) is 0 Å². The Morgan fingerprint density at radius 1 is 0.767 bits per heavy atom. The molecule has 4 aromatic carbocycles. The van der Waals surface area contributed by atoms with Crippen molar-refractivity contribution in [3.8, 4) is 5.75 Å². The highest BCUT2D eigenvalue weighted by molar-refractivity contribution is 6.34. The van der Waals surface area contributed by atoms with E-state index in [9.17, 15) is 29.4 Å². The number of hydrogen-bond donors (Lipinski definition) is 8. The highest BCUT2D eigenvalue weighted by Crippen LogP contribution is 2.33. The topological polar surface area (TPSA) is 229 Å². The first-order valence-corrected chi connectivity index (χ1v) is 18.5. The van der Waals surface area contributed by atoms with Crippen LogP contribution in [0.1, 0.15) is 69.8 Å². The van der Waals surface area contributed by atoms with E-state index in [-0.39, 0.29) is 32.8 Å². The second kappa shape index (κ2) is 25.4. The Labute approximate surface area is 359 Å². The minimum atomic E-state index is -1.05. The van der Waals surface area contributed by atoms with Gasteiger partial charge in [-0.1, -0.05) is 73.1 Å². The van der Waals surface area contributed by atoms with Gasteiger partial charge >= 0.3 is 5.97 Å². The number of carboxylic acid groups (broad SMARTS) is 1. The lowest BCUT2D eigenvalue weighted by Gasteiger charge is -2.21. The first-order valence-electron chi connectivity index (χ1n) is 17.8. The van der Waals surface area contributed by atoms with Crippen LogP contribution in [0, 0.1) is 38.8 Å². The number of benzene rings is 4. The summed E-state index contributed by atoms with van der Waals surface area (Å²) in [5.74, 6) is 1.29. The van der Waals surface area contributed by atoms with Gasteiger partial charge in [0, 0.05) is 11.1 Å². The van der Waals surface area contributed by atoms with E-state index in [1.54, 1.807) is 80.6 Å². The number of rotatable bonds is 12. The van der Waals surface area contributed by atoms with Crippen LogP contribution < -0.4 is 26.9 Å². The van der Waals surface area contributed by atoms with Gasteiger partial charge in [-0.25, -0.2) is 15.5 Å². The summed E-state index contributed by atoms with van der Waals surface area (Å²) >= 11 is 12.2. The Balaban J connectivity index is 0.000000494. The van der Waals surface area contributed by atoms with Gasteiger partial charge < -0.3 is 25.2 Å². The number of nitrogens with two attached hydrogens (primary N) is 1. The van der Waals surface area contributed by atoms with Crippen molar-refractivity contribution in [3.63, 3.8) is 0 Å². The highest BCUT2D eigenvalue weighted by atomic mass is 35.5. The zero-order chi connectivity index (χ0) is 44.4. The minimum Gasteiger partial charge on any atom is -0.497 e. The van der Waals surface area contributed by atoms with Crippen LogP contribution in [0.2, 0.25) is 10.0 Å². The number of ether oxygens (including phenoxy) is 1. The second-order valence-electron chi connectivity index (χ2n) is 13.0. The molecule has 320 valence electrons. The van der Waals surface area contributed by atoms with Gasteiger partial charge in [0.25, 0.3) is 11.8 Å². The Kier molecular flexibility index (Phi) is 22.0. The molecule has 0 saturated carbocycles. The number of aliphatic carboxylic acids is 1. The summed E-state index contributed by atoms with van der Waals surface area (Å²) in [6, 6.07) is 19.7. The molecule has 0 aliphatic carbocycles. The number of carbonyl (C=O) groups excluding carboxylic acids is 3. The molecule has 9 N–H and O–H groups in total. The van der Waals surface area contributed by atoms with Gasteiger partial charge in [-0.05, 0) is 98.7 Å². The number of carboxylic acids is 1. The molecule has 17 heteroatoms. The standard InChI is InChI=1S/C21H22ClN3O4.C13H14ClNO3.C8H10N2O2.CH4/c1-12-14(8-9-18(23-3)19(12)22)11-17(13(2)26)21(28)25-24-20(27)15-6-5-7-16(10-15)29-4;1-7-9(4-5-11(15-3)12(7)14)6-10(8(2)16)13(17)18;9-10-8(12)7-3-1-2-6(4-7)5-11;/h5-10,13,17,26H,11H2,1-2,4H3,(H,24,27)(H,25,28);4-5,8,10,16H,6H2,1-2H3,(H,17,18);1-4,11H,5,9H2,(H,10,12);1H4/t13-,17+;8-,10+;;/m00../s1. The first-order chi connectivity index (χ1) is 27.9. The molecule has 0 aromatic heterocycles. The summed E-state index contributed by atoms with van der Waals surface area (Å²) in [7, 11) is 1.49. The average Bonchev–Trinajstić information content (AvgIpc) is 3.23. The van der Waals surface area contributed by atoms with Gasteiger partial charge in [-0.2, -0.15) is 0 Å². The maximum absolute atomic E-state index is 12.6. The Bertz CT molecular complexity index is 2200. The Hall–Kier alpha value is -6.04. The molecule has 4 aromatic rings. The molecule has 4 atom stereocenters. The van der Waals surface area contributed by atoms with Crippen LogP contribution in [-0.4, -0.2) is 63.4 Å². The van der Waals surface area contributed by atoms with E-state index in [0.29, 0.717) is 55.0 Å². The molecule has 3 amide bonds. The van der Waals surface area contributed by atoms with Crippen LogP contribution in [0.25, 0.3) is 9.69 Å². The van der Waals surface area contributed by atoms with Crippen LogP contribution in [0.4, 0.5) is 11.4 Å². The van der Waals surface area contributed by atoms with Crippen LogP contribution in [0.5, 0.6) is 5.75 Å². The fourth-order valence-electron chi connectivity index (χ4n) is 5.40. The van der Waals surface area contributed by atoms with E-state index >= 15 is 0 Å². The third kappa shape index (κ3) is 15.0. The van der Waals surface area contributed by atoms with E-state index in [0.717, 1.165) is 11.1 Å². The molecule has 0 bridgehead atoms. The van der Waals surface area contributed by atoms with Gasteiger partial charge in [0.1, 0.15) is 5.75 Å². The third-order valence-electron chi connectivity index (χ3n) is 9.03. The number of amides is 3. The molecule has 0 fully saturated rings. The fraction of sp³-hybridized carbons (Fsp3) is 0.302. The Morgan fingerprint density at radius 3 is 1.68 bits per heavy atom. The number of nitrogen functional groups attached to an aromatic ring is 1. The maximum Gasteiger partial charge on any atom is 0.309 e. The molecule has 0 unspecified atom stereocenters. The minimum absolute atomic E-state index is 0. The molecular formula is C43H50Cl2N6O9. The normalized spacial score (nSPS) is 12.0. The molecule has 0 aliphatic rings. The molecule has 0 radical (unpaired) electrons. The van der Waals surface area contributed by atoms with Crippen molar-refractivity contribution in [2.45, 2.75) is 66.8 Å². The lowest BCUT2D eigenvalue weighted by molar-refractivity contribution is -0.145. The smallest absolute Gasteiger partial charge is 0.309 e. The molecular weight excluding hydrogens is 815 g/mol. The summed E-state index contributed by atoms with van der Waals surface area (Å²) in [5.41, 5.74) is 11.7. The SMILES string of the molecule is C.NNC(=O)c1cccc(CO)c1.[C-]#[N+]c1ccc(C[C@@H](C(=O)NNC(=O)c2cccc(OC)c2)[C@H](C)O)c(C)c1Cl.[C-]#[N+]c1ccc(C[C@@H](C(=O)O)[C@H](C)O)c(C)c1Cl. The zero-order valence-electron chi connectivity index (χ0n) is 32.9. The zero-order valence-corrected chi connectivity index (χ0v) is 34.4. The molecule has 0 aliphatic heterocycles. The van der Waals surface area contributed by atoms with Crippen LogP contribution in [-0.2, 0) is 29.0 Å². The predicted molar refractivity (Wildman–Crippen MR) is 230 cm³/mol. The number of aliphatic hydroxyl groups is 3. The van der Waals surface area contributed by atoms with E-state index < -0.39 is 41.8 Å². The maximum atomic E-state index is 12.6. The lowest BCUT2D eigenvalue weighted by atomic mass is 9.91. The Morgan fingerprint density at radius 2 is 1.25 bits per heavy atom. The van der Waals surface area contributed by atoms with Crippen molar-refractivity contribution in [3.05, 3.63) is 145 Å². The van der Waals surface area contributed by atoms with Crippen LogP contribution in [0.3, 0.4) is 0 Å². The van der Waals surface area contributed by atoms with Crippen molar-refractivity contribution in [2.75, 3.05) is 7.11 Å². The van der Waals surface area contributed by atoms with Crippen molar-refractivity contribution < 1.29 is 44.3 Å². The third-order valence-corrected chi connectivity index (χ3v) is 9.98. The quantitative estimate of drug-likeness (QED) is 0.0336. The number of aliphatic hydroxyl groups excluding tert-OH is 3. The highest BCUT2D eigenvalue weighted by Gasteiger charge is 2.27. The predicted octanol–water partition coefficient (Wildman–Crippen LogP) is 6.45. The molecule has 0 heterocycles. The molecule has 0 saturated heterocycles. The second-order valence-corrected chi connectivity index (χ2v) is 13.8. The fourth-order valence-corrected chi connectivity index (χ4v) is 5.85. The number of nitrogens with zero attached hydrogens (tertiary/aromatic N) is 2. The number of methoxy groups -OCH3 is 1. The molecule has 15 nitrogen and oxygen atoms in total. The summed E-state index contributed by atoms with van der Waals surface area (Å²) in [6.45, 7) is 20.4. The number of halogens is 2. The summed E-state index contributed by atoms with van der Waals surface area (Å²) in [4.78, 5) is 53.4. The molecule has 60 heavy (non-hydrogen) atoms. The largest absolute Gasteiger partial charge is 0.497 e. The van der Waals surface area contributed by atoms with Gasteiger partial charge in [0.15, 0.2) is 0 Å². The number of nitrogens with one attached hydrogen (secondary N) is 3. The van der Waals surface area contributed by atoms with Crippen molar-refractivity contribution >= 4 is 58.3 Å². The molecule has 0 spiro atoms. The lowest BCUT2D eigenvalue weighted by Crippen LogP contribution is -2.47. The number of hydrazine groups is 2. The molecule has 4 rings (SSSR count).